The third-order valence-corrected chi connectivity index (χ3v) is 4.39. The average molecular weight is 308 g/mol. The van der Waals surface area contributed by atoms with E-state index in [9.17, 15) is 13.6 Å². The van der Waals surface area contributed by atoms with Gasteiger partial charge in [0, 0.05) is 18.7 Å². The van der Waals surface area contributed by atoms with Gasteiger partial charge < -0.3 is 5.21 Å². The van der Waals surface area contributed by atoms with Crippen molar-refractivity contribution in [1.29, 1.82) is 0 Å². The normalized spacial score (nSPS) is 13.1. The van der Waals surface area contributed by atoms with E-state index in [4.69, 9.17) is 5.21 Å². The summed E-state index contributed by atoms with van der Waals surface area (Å²) in [5.74, 6) is 0. The van der Waals surface area contributed by atoms with E-state index in [1.54, 1.807) is 24.3 Å². The summed E-state index contributed by atoms with van der Waals surface area (Å²) >= 11 is 0. The van der Waals surface area contributed by atoms with Crippen molar-refractivity contribution in [3.05, 3.63) is 64.9 Å². The minimum Gasteiger partial charge on any atom is -0.595 e. The number of aryl methyl sites for hydroxylation is 1. The van der Waals surface area contributed by atoms with Crippen molar-refractivity contribution >= 4 is 15.7 Å². The number of rotatable bonds is 5. The molecule has 0 saturated carbocycles. The van der Waals surface area contributed by atoms with E-state index in [0.29, 0.717) is 5.56 Å². The Balaban J connectivity index is 2.11. The standard InChI is InChI=1S/C14H16N2O4S/c1-11-5-7-14(8-6-11)21(19,20)15-10-12-3-2-4-13(9-12)16(17)18/h2-9,15-17H,10H2,1H3. The number of benzene rings is 2. The van der Waals surface area contributed by atoms with Gasteiger partial charge in [0.05, 0.1) is 4.90 Å². The first-order valence-electron chi connectivity index (χ1n) is 6.27. The van der Waals surface area contributed by atoms with Crippen LogP contribution in [0.2, 0.25) is 0 Å². The highest BCUT2D eigenvalue weighted by molar-refractivity contribution is 7.89. The van der Waals surface area contributed by atoms with Crippen LogP contribution in [0.1, 0.15) is 11.1 Å². The summed E-state index contributed by atoms with van der Waals surface area (Å²) in [6, 6.07) is 12.7. The van der Waals surface area contributed by atoms with Gasteiger partial charge in [0.15, 0.2) is 5.69 Å². The van der Waals surface area contributed by atoms with Crippen LogP contribution in [0.4, 0.5) is 5.69 Å². The fourth-order valence-electron chi connectivity index (χ4n) is 1.79. The van der Waals surface area contributed by atoms with Crippen LogP contribution in [0.25, 0.3) is 0 Å². The molecule has 0 aliphatic heterocycles. The third kappa shape index (κ3) is 4.10. The van der Waals surface area contributed by atoms with E-state index in [2.05, 4.69) is 4.72 Å². The fraction of sp³-hybridized carbons (Fsp3) is 0.143. The summed E-state index contributed by atoms with van der Waals surface area (Å²) in [6.07, 6.45) is 0. The lowest BCUT2D eigenvalue weighted by molar-refractivity contribution is -0.991. The van der Waals surface area contributed by atoms with Gasteiger partial charge in [-0.05, 0) is 24.6 Å². The summed E-state index contributed by atoms with van der Waals surface area (Å²) in [5, 5.41) is 18.7. The predicted molar refractivity (Wildman–Crippen MR) is 77.4 cm³/mol. The van der Waals surface area contributed by atoms with E-state index in [1.807, 2.05) is 6.92 Å². The minimum atomic E-state index is -3.61. The summed E-state index contributed by atoms with van der Waals surface area (Å²) in [6.45, 7) is 1.92. The zero-order valence-corrected chi connectivity index (χ0v) is 12.2. The molecule has 6 nitrogen and oxygen atoms in total. The lowest BCUT2D eigenvalue weighted by Gasteiger charge is -2.12. The molecule has 0 aliphatic rings. The second-order valence-corrected chi connectivity index (χ2v) is 6.41. The molecule has 112 valence electrons. The van der Waals surface area contributed by atoms with Crippen molar-refractivity contribution < 1.29 is 18.9 Å². The lowest BCUT2D eigenvalue weighted by Crippen LogP contribution is -2.99. The minimum absolute atomic E-state index is 0.0390. The van der Waals surface area contributed by atoms with E-state index in [1.165, 1.54) is 24.3 Å². The summed E-state index contributed by atoms with van der Waals surface area (Å²) in [4.78, 5) is 0.183. The molecule has 2 rings (SSSR count). The maximum absolute atomic E-state index is 12.1. The highest BCUT2D eigenvalue weighted by Crippen LogP contribution is 2.12. The van der Waals surface area contributed by atoms with Gasteiger partial charge in [0.1, 0.15) is 0 Å². The van der Waals surface area contributed by atoms with Crippen LogP contribution in [-0.4, -0.2) is 13.6 Å². The Morgan fingerprint density at radius 2 is 1.86 bits per heavy atom. The molecule has 0 spiro atoms. The molecule has 2 aromatic carbocycles. The molecule has 0 aromatic heterocycles. The van der Waals surface area contributed by atoms with Gasteiger partial charge in [-0.2, -0.15) is 5.23 Å². The number of nitrogens with one attached hydrogen (secondary N) is 2. The maximum atomic E-state index is 12.1. The molecule has 1 atom stereocenters. The van der Waals surface area contributed by atoms with E-state index >= 15 is 0 Å². The molecule has 0 saturated heterocycles. The zero-order valence-electron chi connectivity index (χ0n) is 11.4. The first-order valence-corrected chi connectivity index (χ1v) is 7.75. The van der Waals surface area contributed by atoms with Crippen molar-refractivity contribution in [3.63, 3.8) is 0 Å². The lowest BCUT2D eigenvalue weighted by atomic mass is 10.2. The second-order valence-electron chi connectivity index (χ2n) is 4.64. The van der Waals surface area contributed by atoms with Crippen molar-refractivity contribution in [2.24, 2.45) is 0 Å². The molecule has 0 amide bonds. The van der Waals surface area contributed by atoms with Crippen LogP contribution in [-0.2, 0) is 16.6 Å². The summed E-state index contributed by atoms with van der Waals surface area (Å²) < 4.78 is 26.7. The van der Waals surface area contributed by atoms with Crippen molar-refractivity contribution in [3.8, 4) is 0 Å². The largest absolute Gasteiger partial charge is 0.595 e. The maximum Gasteiger partial charge on any atom is 0.240 e. The summed E-state index contributed by atoms with van der Waals surface area (Å²) in [5.41, 5.74) is 1.69. The molecule has 0 radical (unpaired) electrons. The Bertz CT molecular complexity index is 712. The Morgan fingerprint density at radius 3 is 2.48 bits per heavy atom. The molecule has 1 unspecified atom stereocenters. The second kappa shape index (κ2) is 6.33. The number of hydrogen-bond donors (Lipinski definition) is 3. The van der Waals surface area contributed by atoms with Crippen LogP contribution in [0, 0.1) is 12.1 Å². The average Bonchev–Trinajstić information content (AvgIpc) is 2.46. The Labute approximate surface area is 123 Å². The highest BCUT2D eigenvalue weighted by Gasteiger charge is 2.13. The van der Waals surface area contributed by atoms with Crippen LogP contribution >= 0.6 is 0 Å². The van der Waals surface area contributed by atoms with E-state index in [0.717, 1.165) is 5.56 Å². The first kappa shape index (κ1) is 15.6. The molecule has 0 aliphatic carbocycles. The number of sulfonamides is 1. The molecule has 0 heterocycles. The van der Waals surface area contributed by atoms with Gasteiger partial charge in [-0.3, -0.25) is 0 Å². The van der Waals surface area contributed by atoms with Gasteiger partial charge in [-0.1, -0.05) is 29.8 Å². The van der Waals surface area contributed by atoms with Crippen LogP contribution in [0.5, 0.6) is 0 Å². The van der Waals surface area contributed by atoms with Crippen molar-refractivity contribution in [2.45, 2.75) is 18.4 Å². The molecule has 2 aromatic rings. The summed E-state index contributed by atoms with van der Waals surface area (Å²) in [7, 11) is -3.61. The molecule has 7 heteroatoms. The SMILES string of the molecule is Cc1ccc(S(=O)(=O)NCc2cccc([NH+]([O-])O)c2)cc1. The highest BCUT2D eigenvalue weighted by atomic mass is 32.2. The van der Waals surface area contributed by atoms with E-state index < -0.39 is 15.2 Å². The predicted octanol–water partition coefficient (Wildman–Crippen LogP) is 0.877. The van der Waals surface area contributed by atoms with Gasteiger partial charge in [-0.15, -0.1) is 0 Å². The molecule has 0 bridgehead atoms. The van der Waals surface area contributed by atoms with Gasteiger partial charge in [0.2, 0.25) is 10.0 Å². The molecular formula is C14H16N2O4S. The smallest absolute Gasteiger partial charge is 0.240 e. The Morgan fingerprint density at radius 1 is 1.19 bits per heavy atom. The van der Waals surface area contributed by atoms with Crippen LogP contribution in [0.3, 0.4) is 0 Å². The van der Waals surface area contributed by atoms with Gasteiger partial charge in [-0.25, -0.2) is 18.3 Å². The van der Waals surface area contributed by atoms with E-state index in [-0.39, 0.29) is 17.1 Å². The zero-order chi connectivity index (χ0) is 15.5. The van der Waals surface area contributed by atoms with Gasteiger partial charge >= 0.3 is 0 Å². The third-order valence-electron chi connectivity index (χ3n) is 2.97. The number of quaternary nitrogens is 1. The van der Waals surface area contributed by atoms with Crippen molar-refractivity contribution in [1.82, 2.24) is 4.72 Å². The molecule has 3 N–H and O–H groups in total. The first-order chi connectivity index (χ1) is 9.88. The van der Waals surface area contributed by atoms with Gasteiger partial charge in [0.25, 0.3) is 0 Å². The fourth-order valence-corrected chi connectivity index (χ4v) is 2.81. The number of hydrogen-bond acceptors (Lipinski definition) is 4. The topological polar surface area (TPSA) is 93.9 Å². The van der Waals surface area contributed by atoms with Crippen LogP contribution < -0.4 is 9.95 Å². The Hall–Kier alpha value is -1.77. The Kier molecular flexibility index (Phi) is 4.71. The monoisotopic (exact) mass is 308 g/mol. The van der Waals surface area contributed by atoms with Crippen molar-refractivity contribution in [2.75, 3.05) is 0 Å². The molecular weight excluding hydrogens is 292 g/mol. The van der Waals surface area contributed by atoms with Crippen LogP contribution in [0.15, 0.2) is 53.4 Å². The quantitative estimate of drug-likeness (QED) is 0.715. The molecule has 21 heavy (non-hydrogen) atoms. The molecule has 0 fully saturated rings.